The maximum atomic E-state index is 13.6. The molecule has 1 aliphatic rings. The van der Waals surface area contributed by atoms with E-state index in [1.165, 1.54) is 0 Å². The number of nitrogens with zero attached hydrogens (tertiary/aromatic N) is 3. The normalized spacial score (nSPS) is 13.0. The first-order chi connectivity index (χ1) is 12.2. The van der Waals surface area contributed by atoms with E-state index in [1.54, 1.807) is 6.20 Å². The molecule has 0 spiro atoms. The third-order valence-electron chi connectivity index (χ3n) is 5.30. The minimum Gasteiger partial charge on any atom is -0.371 e. The van der Waals surface area contributed by atoms with Crippen molar-refractivity contribution < 1.29 is 0 Å². The van der Waals surface area contributed by atoms with E-state index in [1.807, 2.05) is 12.1 Å². The number of benzene rings is 2. The molecular weight excluding hydrogens is 314 g/mol. The summed E-state index contributed by atoms with van der Waals surface area (Å²) in [6.07, 6.45) is 1.75. The van der Waals surface area contributed by atoms with Crippen LogP contribution in [0.5, 0.6) is 0 Å². The van der Waals surface area contributed by atoms with Crippen LogP contribution in [0, 0.1) is 0 Å². The number of rotatable bonds is 3. The molecule has 6 heteroatoms. The van der Waals surface area contributed by atoms with Gasteiger partial charge < -0.3 is 14.8 Å². The number of anilines is 2. The third kappa shape index (κ3) is 1.74. The van der Waals surface area contributed by atoms with Crippen LogP contribution in [0.25, 0.3) is 32.7 Å². The summed E-state index contributed by atoms with van der Waals surface area (Å²) in [5.74, 6) is 0. The van der Waals surface area contributed by atoms with Crippen LogP contribution >= 0.6 is 0 Å². The van der Waals surface area contributed by atoms with E-state index in [-0.39, 0.29) is 5.43 Å². The van der Waals surface area contributed by atoms with Gasteiger partial charge in [-0.05, 0) is 38.1 Å². The van der Waals surface area contributed by atoms with Crippen molar-refractivity contribution in [2.75, 3.05) is 23.3 Å². The zero-order valence-corrected chi connectivity index (χ0v) is 14.3. The van der Waals surface area contributed by atoms with Crippen molar-refractivity contribution in [2.45, 2.75) is 20.5 Å². The summed E-state index contributed by atoms with van der Waals surface area (Å²) in [6, 6.07) is 8.15. The highest BCUT2D eigenvalue weighted by Gasteiger charge is 2.23. The third-order valence-corrected chi connectivity index (χ3v) is 5.30. The van der Waals surface area contributed by atoms with Crippen LogP contribution in [0.15, 0.2) is 35.3 Å². The molecule has 0 radical (unpaired) electrons. The molecule has 1 aliphatic heterocycles. The van der Waals surface area contributed by atoms with Crippen molar-refractivity contribution in [3.63, 3.8) is 0 Å². The van der Waals surface area contributed by atoms with Gasteiger partial charge in [0.05, 0.1) is 51.6 Å². The minimum absolute atomic E-state index is 0.0840. The van der Waals surface area contributed by atoms with Gasteiger partial charge >= 0.3 is 0 Å². The molecule has 0 saturated carbocycles. The molecule has 0 aliphatic carbocycles. The Balaban J connectivity index is 2.06. The Morgan fingerprint density at radius 2 is 2.00 bits per heavy atom. The maximum Gasteiger partial charge on any atom is 0.200 e. The summed E-state index contributed by atoms with van der Waals surface area (Å²) in [7, 11) is 0. The molecule has 0 unspecified atom stereocenters. The zero-order chi connectivity index (χ0) is 17.1. The van der Waals surface area contributed by atoms with Crippen molar-refractivity contribution in [3.05, 3.63) is 40.7 Å². The molecule has 2 aromatic carbocycles. The van der Waals surface area contributed by atoms with Crippen molar-refractivity contribution in [3.8, 4) is 0 Å². The van der Waals surface area contributed by atoms with E-state index in [4.69, 9.17) is 0 Å². The highest BCUT2D eigenvalue weighted by molar-refractivity contribution is 6.13. The molecule has 3 heterocycles. The fraction of sp³-hybridized carbons (Fsp3) is 0.263. The molecule has 0 amide bonds. The van der Waals surface area contributed by atoms with Crippen LogP contribution < -0.4 is 15.6 Å². The fourth-order valence-electron chi connectivity index (χ4n) is 4.10. The fourth-order valence-corrected chi connectivity index (χ4v) is 4.10. The number of pyridine rings is 1. The summed E-state index contributed by atoms with van der Waals surface area (Å²) >= 11 is 0. The molecule has 0 atom stereocenters. The molecule has 25 heavy (non-hydrogen) atoms. The van der Waals surface area contributed by atoms with Crippen molar-refractivity contribution in [2.24, 2.45) is 0 Å². The first-order valence-corrected chi connectivity index (χ1v) is 8.68. The minimum atomic E-state index is 0.0840. The molecule has 2 N–H and O–H groups in total. The number of nitrogens with one attached hydrogen (secondary N) is 2. The van der Waals surface area contributed by atoms with Gasteiger partial charge in [-0.15, -0.1) is 0 Å². The lowest BCUT2D eigenvalue weighted by Crippen LogP contribution is -2.24. The second kappa shape index (κ2) is 4.99. The van der Waals surface area contributed by atoms with Crippen molar-refractivity contribution >= 4 is 44.1 Å². The molecule has 126 valence electrons. The van der Waals surface area contributed by atoms with Gasteiger partial charge in [0.1, 0.15) is 0 Å². The molecule has 2 aromatic heterocycles. The van der Waals surface area contributed by atoms with Crippen LogP contribution in [0.3, 0.4) is 0 Å². The number of hydrogen-bond donors (Lipinski definition) is 2. The van der Waals surface area contributed by atoms with Crippen LogP contribution in [0.2, 0.25) is 0 Å². The smallest absolute Gasteiger partial charge is 0.200 e. The van der Waals surface area contributed by atoms with Crippen molar-refractivity contribution in [1.82, 2.24) is 14.8 Å². The second-order valence-corrected chi connectivity index (χ2v) is 6.41. The van der Waals surface area contributed by atoms with Gasteiger partial charge in [0.2, 0.25) is 0 Å². The summed E-state index contributed by atoms with van der Waals surface area (Å²) < 4.78 is 2.21. The van der Waals surface area contributed by atoms with Crippen LogP contribution in [0.1, 0.15) is 13.8 Å². The number of aromatic nitrogens is 3. The Morgan fingerprint density at radius 3 is 2.80 bits per heavy atom. The highest BCUT2D eigenvalue weighted by Crippen LogP contribution is 2.37. The van der Waals surface area contributed by atoms with E-state index in [0.29, 0.717) is 6.67 Å². The Kier molecular flexibility index (Phi) is 2.86. The first kappa shape index (κ1) is 14.3. The molecule has 0 fully saturated rings. The predicted octanol–water partition coefficient (Wildman–Crippen LogP) is 3.26. The van der Waals surface area contributed by atoms with Crippen LogP contribution in [-0.4, -0.2) is 27.9 Å². The van der Waals surface area contributed by atoms with E-state index in [0.717, 1.165) is 57.2 Å². The molecule has 4 aromatic rings. The SMILES string of the molecule is CCN(CC)c1ccc2c3c1c(=O)c1c4cn[nH]c4ccc1n3CN2. The molecular formula is C19H19N5O. The average Bonchev–Trinajstić information content (AvgIpc) is 3.27. The summed E-state index contributed by atoms with van der Waals surface area (Å²) in [4.78, 5) is 15.8. The second-order valence-electron chi connectivity index (χ2n) is 6.41. The van der Waals surface area contributed by atoms with Crippen LogP contribution in [-0.2, 0) is 6.67 Å². The lowest BCUT2D eigenvalue weighted by Gasteiger charge is -2.23. The first-order valence-electron chi connectivity index (χ1n) is 8.68. The molecule has 0 bridgehead atoms. The highest BCUT2D eigenvalue weighted by atomic mass is 16.1. The number of aromatic amines is 1. The van der Waals surface area contributed by atoms with Gasteiger partial charge in [0, 0.05) is 18.5 Å². The predicted molar refractivity (Wildman–Crippen MR) is 103 cm³/mol. The van der Waals surface area contributed by atoms with Gasteiger partial charge in [0.15, 0.2) is 5.43 Å². The van der Waals surface area contributed by atoms with Gasteiger partial charge in [-0.2, -0.15) is 5.10 Å². The molecule has 5 rings (SSSR count). The van der Waals surface area contributed by atoms with Gasteiger partial charge in [-0.3, -0.25) is 9.89 Å². The Labute approximate surface area is 144 Å². The zero-order valence-electron chi connectivity index (χ0n) is 14.3. The summed E-state index contributed by atoms with van der Waals surface area (Å²) in [5.41, 5.74) is 4.97. The maximum absolute atomic E-state index is 13.6. The topological polar surface area (TPSA) is 66.0 Å². The van der Waals surface area contributed by atoms with Crippen LogP contribution in [0.4, 0.5) is 11.4 Å². The van der Waals surface area contributed by atoms with E-state index in [9.17, 15) is 4.79 Å². The van der Waals surface area contributed by atoms with Gasteiger partial charge in [-0.25, -0.2) is 0 Å². The van der Waals surface area contributed by atoms with Gasteiger partial charge in [0.25, 0.3) is 0 Å². The van der Waals surface area contributed by atoms with E-state index >= 15 is 0 Å². The largest absolute Gasteiger partial charge is 0.371 e. The number of fused-ring (bicyclic) bond motifs is 4. The number of H-pyrrole nitrogens is 1. The standard InChI is InChI=1S/C19H19N5O/c1-3-23(4-2)14-7-6-13-18-17(14)19(25)16-11-9-21-22-12(11)5-8-15(16)24(18)10-20-13/h5-9,20H,3-4,10H2,1-2H3,(H,21,22). The monoisotopic (exact) mass is 333 g/mol. The summed E-state index contributed by atoms with van der Waals surface area (Å²) in [5, 5.41) is 13.0. The molecule has 6 nitrogen and oxygen atoms in total. The lowest BCUT2D eigenvalue weighted by atomic mass is 10.0. The molecule has 0 saturated heterocycles. The Hall–Kier alpha value is -3.02. The lowest BCUT2D eigenvalue weighted by molar-refractivity contribution is 0.865. The Morgan fingerprint density at radius 1 is 1.16 bits per heavy atom. The van der Waals surface area contributed by atoms with Crippen molar-refractivity contribution in [1.29, 1.82) is 0 Å². The summed E-state index contributed by atoms with van der Waals surface area (Å²) in [6.45, 7) is 6.65. The Bertz CT molecular complexity index is 1200. The number of hydrogen-bond acceptors (Lipinski definition) is 4. The quantitative estimate of drug-likeness (QED) is 0.565. The van der Waals surface area contributed by atoms with E-state index < -0.39 is 0 Å². The van der Waals surface area contributed by atoms with Gasteiger partial charge in [-0.1, -0.05) is 0 Å². The van der Waals surface area contributed by atoms with E-state index in [2.05, 4.69) is 51.0 Å². The average molecular weight is 333 g/mol.